The summed E-state index contributed by atoms with van der Waals surface area (Å²) in [5.74, 6) is 4.15. The molecule has 2 atom stereocenters. The van der Waals surface area contributed by atoms with E-state index in [0.717, 1.165) is 82.3 Å². The zero-order chi connectivity index (χ0) is 40.6. The molecule has 0 amide bonds. The summed E-state index contributed by atoms with van der Waals surface area (Å²) < 4.78 is 5.75. The number of carbonyl (C=O) groups excluding carboxylic acids is 2. The fraction of sp³-hybridized carbons (Fsp3) is 0.960. The van der Waals surface area contributed by atoms with Crippen molar-refractivity contribution < 1.29 is 14.3 Å². The number of ketones is 1. The number of ether oxygens (including phenoxy) is 1. The molecule has 0 N–H and O–H groups in total. The van der Waals surface area contributed by atoms with Gasteiger partial charge in [-0.25, -0.2) is 0 Å². The highest BCUT2D eigenvalue weighted by Gasteiger charge is 2.16. The molecule has 1 saturated heterocycles. The van der Waals surface area contributed by atoms with Crippen LogP contribution in [0.5, 0.6) is 0 Å². The summed E-state index contributed by atoms with van der Waals surface area (Å²) in [4.78, 5) is 30.8. The molecule has 1 heterocycles. The van der Waals surface area contributed by atoms with Crippen LogP contribution in [0.3, 0.4) is 0 Å². The van der Waals surface area contributed by atoms with Crippen molar-refractivity contribution in [2.24, 2.45) is 11.8 Å². The van der Waals surface area contributed by atoms with Crippen LogP contribution in [0.4, 0.5) is 0 Å². The van der Waals surface area contributed by atoms with E-state index in [1.807, 2.05) is 11.8 Å². The van der Waals surface area contributed by atoms with Gasteiger partial charge in [-0.2, -0.15) is 11.8 Å². The SMILES string of the molecule is CCCCCCCCC(CCCCCC)CCC(=O)CCCCCN(CCC(=O)OCCSCC(CCCCCC)CCCCCCCC)CCN1CCCC1. The normalized spacial score (nSPS) is 14.5. The van der Waals surface area contributed by atoms with Crippen LogP contribution in [0.25, 0.3) is 0 Å². The second-order valence-electron chi connectivity index (χ2n) is 17.9. The Morgan fingerprint density at radius 3 is 1.61 bits per heavy atom. The fourth-order valence-electron chi connectivity index (χ4n) is 8.63. The first kappa shape index (κ1) is 53.4. The van der Waals surface area contributed by atoms with Gasteiger partial charge in [-0.3, -0.25) is 9.59 Å². The molecule has 0 spiro atoms. The predicted octanol–water partition coefficient (Wildman–Crippen LogP) is 14.6. The molecule has 5 nitrogen and oxygen atoms in total. The van der Waals surface area contributed by atoms with Gasteiger partial charge in [0, 0.05) is 38.2 Å². The van der Waals surface area contributed by atoms with Crippen molar-refractivity contribution in [1.82, 2.24) is 9.80 Å². The Hall–Kier alpha value is -0.590. The number of rotatable bonds is 44. The van der Waals surface area contributed by atoms with Gasteiger partial charge in [-0.05, 0) is 82.2 Å². The van der Waals surface area contributed by atoms with E-state index in [-0.39, 0.29) is 5.97 Å². The van der Waals surface area contributed by atoms with Crippen LogP contribution in [-0.2, 0) is 14.3 Å². The lowest BCUT2D eigenvalue weighted by Gasteiger charge is -2.25. The van der Waals surface area contributed by atoms with Crippen molar-refractivity contribution in [3.63, 3.8) is 0 Å². The third kappa shape index (κ3) is 34.3. The van der Waals surface area contributed by atoms with Gasteiger partial charge >= 0.3 is 5.97 Å². The zero-order valence-corrected chi connectivity index (χ0v) is 39.2. The molecule has 1 aliphatic heterocycles. The van der Waals surface area contributed by atoms with Crippen molar-refractivity contribution in [2.45, 2.75) is 240 Å². The predicted molar refractivity (Wildman–Crippen MR) is 248 cm³/mol. The summed E-state index contributed by atoms with van der Waals surface area (Å²) in [6, 6.07) is 0. The zero-order valence-electron chi connectivity index (χ0n) is 38.4. The van der Waals surface area contributed by atoms with E-state index in [4.69, 9.17) is 4.74 Å². The molecule has 0 aromatic heterocycles. The minimum Gasteiger partial charge on any atom is -0.465 e. The molecule has 1 rings (SSSR count). The average molecular weight is 807 g/mol. The molecule has 0 bridgehead atoms. The standard InChI is InChI=1S/C50H98N2O3S/c1-5-9-13-17-19-24-31-47(30-22-15-11-7-3)35-36-49(53)34-26-21-27-38-52(43-42-51-39-28-29-40-51)41-37-50(54)55-44-45-56-46-48(32-23-16-12-8-4)33-25-20-18-14-10-6-2/h47-48H,5-46H2,1-4H3. The Kier molecular flexibility index (Phi) is 39.3. The van der Waals surface area contributed by atoms with Crippen molar-refractivity contribution in [1.29, 1.82) is 0 Å². The summed E-state index contributed by atoms with van der Waals surface area (Å²) in [5.41, 5.74) is 0. The van der Waals surface area contributed by atoms with Gasteiger partial charge < -0.3 is 14.5 Å². The van der Waals surface area contributed by atoms with Crippen molar-refractivity contribution >= 4 is 23.5 Å². The number of hydrogen-bond acceptors (Lipinski definition) is 6. The third-order valence-corrected chi connectivity index (χ3v) is 13.7. The lowest BCUT2D eigenvalue weighted by atomic mass is 9.89. The van der Waals surface area contributed by atoms with Gasteiger partial charge in [-0.15, -0.1) is 0 Å². The molecule has 1 fully saturated rings. The second kappa shape index (κ2) is 41.2. The van der Waals surface area contributed by atoms with E-state index in [2.05, 4.69) is 37.5 Å². The number of unbranched alkanes of at least 4 members (excludes halogenated alkanes) is 18. The summed E-state index contributed by atoms with van der Waals surface area (Å²) in [6.07, 6.45) is 41.5. The number of nitrogens with zero attached hydrogens (tertiary/aromatic N) is 2. The molecular weight excluding hydrogens is 709 g/mol. The van der Waals surface area contributed by atoms with Crippen LogP contribution < -0.4 is 0 Å². The largest absolute Gasteiger partial charge is 0.465 e. The minimum absolute atomic E-state index is 0.0364. The highest BCUT2D eigenvalue weighted by Crippen LogP contribution is 2.25. The van der Waals surface area contributed by atoms with Gasteiger partial charge in [-0.1, -0.05) is 175 Å². The third-order valence-electron chi connectivity index (χ3n) is 12.5. The van der Waals surface area contributed by atoms with E-state index in [0.29, 0.717) is 18.8 Å². The van der Waals surface area contributed by atoms with Gasteiger partial charge in [0.05, 0.1) is 6.42 Å². The quantitative estimate of drug-likeness (QED) is 0.0451. The van der Waals surface area contributed by atoms with Crippen LogP contribution in [0, 0.1) is 11.8 Å². The van der Waals surface area contributed by atoms with Gasteiger partial charge in [0.15, 0.2) is 0 Å². The molecule has 0 radical (unpaired) electrons. The first-order valence-electron chi connectivity index (χ1n) is 25.2. The fourth-order valence-corrected chi connectivity index (χ4v) is 9.66. The monoisotopic (exact) mass is 807 g/mol. The molecule has 56 heavy (non-hydrogen) atoms. The highest BCUT2D eigenvalue weighted by atomic mass is 32.2. The van der Waals surface area contributed by atoms with Crippen molar-refractivity contribution in [2.75, 3.05) is 57.4 Å². The van der Waals surface area contributed by atoms with E-state index in [1.165, 1.54) is 186 Å². The molecule has 1 aliphatic rings. The summed E-state index contributed by atoms with van der Waals surface area (Å²) in [6.45, 7) is 16.1. The number of carbonyl (C=O) groups is 2. The molecular formula is C50H98N2O3S. The number of likely N-dealkylation sites (tertiary alicyclic amines) is 1. The van der Waals surface area contributed by atoms with Crippen molar-refractivity contribution in [3.05, 3.63) is 0 Å². The highest BCUT2D eigenvalue weighted by molar-refractivity contribution is 7.99. The minimum atomic E-state index is -0.0364. The molecule has 0 aliphatic carbocycles. The van der Waals surface area contributed by atoms with Crippen LogP contribution in [0.1, 0.15) is 240 Å². The van der Waals surface area contributed by atoms with E-state index in [9.17, 15) is 9.59 Å². The Morgan fingerprint density at radius 2 is 1.04 bits per heavy atom. The van der Waals surface area contributed by atoms with Crippen LogP contribution >= 0.6 is 11.8 Å². The van der Waals surface area contributed by atoms with E-state index in [1.54, 1.807) is 0 Å². The first-order valence-corrected chi connectivity index (χ1v) is 26.4. The number of esters is 1. The van der Waals surface area contributed by atoms with Crippen LogP contribution in [0.2, 0.25) is 0 Å². The summed E-state index contributed by atoms with van der Waals surface area (Å²) in [5, 5.41) is 0. The Labute approximate surface area is 355 Å². The van der Waals surface area contributed by atoms with Gasteiger partial charge in [0.1, 0.15) is 12.4 Å². The van der Waals surface area contributed by atoms with Crippen LogP contribution in [-0.4, -0.2) is 78.9 Å². The number of Topliss-reactive ketones (excluding diaryl/α,β-unsaturated/α-hetero) is 1. The van der Waals surface area contributed by atoms with E-state index >= 15 is 0 Å². The second-order valence-corrected chi connectivity index (χ2v) is 19.0. The summed E-state index contributed by atoms with van der Waals surface area (Å²) >= 11 is 2.00. The summed E-state index contributed by atoms with van der Waals surface area (Å²) in [7, 11) is 0. The molecule has 0 aromatic rings. The van der Waals surface area contributed by atoms with Crippen LogP contribution in [0.15, 0.2) is 0 Å². The van der Waals surface area contributed by atoms with E-state index < -0.39 is 0 Å². The maximum Gasteiger partial charge on any atom is 0.307 e. The molecule has 0 saturated carbocycles. The molecule has 2 unspecified atom stereocenters. The Balaban J connectivity index is 2.37. The topological polar surface area (TPSA) is 49.9 Å². The lowest BCUT2D eigenvalue weighted by molar-refractivity contribution is -0.143. The molecule has 332 valence electrons. The number of hydrogen-bond donors (Lipinski definition) is 0. The molecule has 6 heteroatoms. The average Bonchev–Trinajstić information content (AvgIpc) is 3.73. The maximum absolute atomic E-state index is 12.9. The Bertz CT molecular complexity index is 850. The smallest absolute Gasteiger partial charge is 0.307 e. The van der Waals surface area contributed by atoms with Crippen molar-refractivity contribution in [3.8, 4) is 0 Å². The van der Waals surface area contributed by atoms with Gasteiger partial charge in [0.2, 0.25) is 0 Å². The number of thioether (sulfide) groups is 1. The first-order chi connectivity index (χ1) is 27.5. The molecule has 0 aromatic carbocycles. The van der Waals surface area contributed by atoms with Gasteiger partial charge in [0.25, 0.3) is 0 Å². The maximum atomic E-state index is 12.9. The lowest BCUT2D eigenvalue weighted by Crippen LogP contribution is -2.36. The Morgan fingerprint density at radius 1 is 0.536 bits per heavy atom.